The van der Waals surface area contributed by atoms with Crippen molar-refractivity contribution in [2.24, 2.45) is 0 Å². The van der Waals surface area contributed by atoms with Crippen molar-refractivity contribution in [3.05, 3.63) is 34.6 Å². The SMILES string of the molecule is CCCc1c(C#N)nnn1-c1cc(Cl)ccc1OC. The van der Waals surface area contributed by atoms with E-state index in [1.54, 1.807) is 30.0 Å². The van der Waals surface area contributed by atoms with Gasteiger partial charge in [0.1, 0.15) is 17.5 Å². The largest absolute Gasteiger partial charge is 0.494 e. The number of halogens is 1. The molecule has 2 aromatic rings. The Morgan fingerprint density at radius 1 is 1.47 bits per heavy atom. The van der Waals surface area contributed by atoms with Gasteiger partial charge in [-0.2, -0.15) is 5.26 Å². The zero-order valence-corrected chi connectivity index (χ0v) is 11.5. The van der Waals surface area contributed by atoms with Crippen LogP contribution in [0, 0.1) is 11.3 Å². The third kappa shape index (κ3) is 2.54. The number of hydrogen-bond acceptors (Lipinski definition) is 4. The average molecular weight is 277 g/mol. The van der Waals surface area contributed by atoms with Crippen molar-refractivity contribution in [1.29, 1.82) is 5.26 Å². The summed E-state index contributed by atoms with van der Waals surface area (Å²) in [5.41, 5.74) is 1.79. The van der Waals surface area contributed by atoms with Gasteiger partial charge in [-0.1, -0.05) is 30.2 Å². The van der Waals surface area contributed by atoms with Gasteiger partial charge in [0.2, 0.25) is 0 Å². The summed E-state index contributed by atoms with van der Waals surface area (Å²) in [4.78, 5) is 0. The minimum absolute atomic E-state index is 0.337. The summed E-state index contributed by atoms with van der Waals surface area (Å²) in [7, 11) is 1.58. The molecule has 0 amide bonds. The van der Waals surface area contributed by atoms with E-state index in [1.807, 2.05) is 6.92 Å². The first-order valence-electron chi connectivity index (χ1n) is 5.89. The normalized spacial score (nSPS) is 10.2. The lowest BCUT2D eigenvalue weighted by Gasteiger charge is -2.10. The fourth-order valence-corrected chi connectivity index (χ4v) is 2.04. The Kier molecular flexibility index (Phi) is 4.03. The molecule has 0 aliphatic carbocycles. The maximum Gasteiger partial charge on any atom is 0.186 e. The maximum atomic E-state index is 9.06. The van der Waals surface area contributed by atoms with Gasteiger partial charge in [-0.3, -0.25) is 0 Å². The zero-order chi connectivity index (χ0) is 13.8. The molecule has 0 aliphatic rings. The monoisotopic (exact) mass is 276 g/mol. The molecule has 19 heavy (non-hydrogen) atoms. The molecule has 0 saturated heterocycles. The minimum atomic E-state index is 0.337. The summed E-state index contributed by atoms with van der Waals surface area (Å²) in [5, 5.41) is 17.6. The second-order valence-electron chi connectivity index (χ2n) is 3.97. The van der Waals surface area contributed by atoms with E-state index < -0.39 is 0 Å². The molecule has 1 heterocycles. The topological polar surface area (TPSA) is 63.7 Å². The molecule has 1 aromatic carbocycles. The molecule has 0 N–H and O–H groups in total. The van der Waals surface area contributed by atoms with Gasteiger partial charge in [-0.25, -0.2) is 4.68 Å². The van der Waals surface area contributed by atoms with E-state index in [1.165, 1.54) is 0 Å². The Morgan fingerprint density at radius 2 is 2.26 bits per heavy atom. The predicted octanol–water partition coefficient (Wildman–Crippen LogP) is 2.75. The van der Waals surface area contributed by atoms with Crippen LogP contribution in [0.3, 0.4) is 0 Å². The predicted molar refractivity (Wildman–Crippen MR) is 71.6 cm³/mol. The lowest BCUT2D eigenvalue weighted by Crippen LogP contribution is -2.05. The minimum Gasteiger partial charge on any atom is -0.494 e. The first-order valence-corrected chi connectivity index (χ1v) is 6.27. The quantitative estimate of drug-likeness (QED) is 0.861. The van der Waals surface area contributed by atoms with Crippen molar-refractivity contribution in [2.45, 2.75) is 19.8 Å². The summed E-state index contributed by atoms with van der Waals surface area (Å²) in [5.74, 6) is 0.635. The molecule has 0 saturated carbocycles. The molecule has 0 bridgehead atoms. The van der Waals surface area contributed by atoms with E-state index in [4.69, 9.17) is 21.6 Å². The molecule has 98 valence electrons. The number of rotatable bonds is 4. The van der Waals surface area contributed by atoms with E-state index >= 15 is 0 Å². The molecular formula is C13H13ClN4O. The molecule has 1 aromatic heterocycles. The van der Waals surface area contributed by atoms with Crippen LogP contribution >= 0.6 is 11.6 Å². The van der Waals surface area contributed by atoms with Crippen LogP contribution in [-0.2, 0) is 6.42 Å². The van der Waals surface area contributed by atoms with Crippen molar-refractivity contribution < 1.29 is 4.74 Å². The number of methoxy groups -OCH3 is 1. The molecular weight excluding hydrogens is 264 g/mol. The van der Waals surface area contributed by atoms with Crippen LogP contribution in [0.15, 0.2) is 18.2 Å². The number of nitrogens with zero attached hydrogens (tertiary/aromatic N) is 4. The molecule has 0 atom stereocenters. The zero-order valence-electron chi connectivity index (χ0n) is 10.7. The first-order chi connectivity index (χ1) is 9.21. The Morgan fingerprint density at radius 3 is 2.89 bits per heavy atom. The van der Waals surface area contributed by atoms with Gasteiger partial charge in [-0.05, 0) is 24.6 Å². The lowest BCUT2D eigenvalue weighted by atomic mass is 10.2. The Hall–Kier alpha value is -2.06. The molecule has 6 heteroatoms. The second kappa shape index (κ2) is 5.72. The number of aromatic nitrogens is 3. The van der Waals surface area contributed by atoms with Crippen molar-refractivity contribution >= 4 is 11.6 Å². The number of ether oxygens (including phenoxy) is 1. The highest BCUT2D eigenvalue weighted by atomic mass is 35.5. The second-order valence-corrected chi connectivity index (χ2v) is 4.41. The Labute approximate surface area is 116 Å². The molecule has 0 aliphatic heterocycles. The van der Waals surface area contributed by atoms with Crippen molar-refractivity contribution in [3.8, 4) is 17.5 Å². The molecule has 0 unspecified atom stereocenters. The summed E-state index contributed by atoms with van der Waals surface area (Å²) in [6, 6.07) is 7.31. The van der Waals surface area contributed by atoms with E-state index in [-0.39, 0.29) is 0 Å². The highest BCUT2D eigenvalue weighted by Crippen LogP contribution is 2.27. The average Bonchev–Trinajstić information content (AvgIpc) is 2.82. The van der Waals surface area contributed by atoms with Crippen LogP contribution < -0.4 is 4.74 Å². The van der Waals surface area contributed by atoms with Gasteiger partial charge in [0.25, 0.3) is 0 Å². The van der Waals surface area contributed by atoms with E-state index in [0.29, 0.717) is 28.6 Å². The molecule has 0 spiro atoms. The smallest absolute Gasteiger partial charge is 0.186 e. The highest BCUT2D eigenvalue weighted by Gasteiger charge is 2.16. The third-order valence-electron chi connectivity index (χ3n) is 2.72. The van der Waals surface area contributed by atoms with Crippen LogP contribution in [0.25, 0.3) is 5.69 Å². The maximum absolute atomic E-state index is 9.06. The van der Waals surface area contributed by atoms with E-state index in [0.717, 1.165) is 12.1 Å². The van der Waals surface area contributed by atoms with Gasteiger partial charge >= 0.3 is 0 Å². The number of nitriles is 1. The lowest BCUT2D eigenvalue weighted by molar-refractivity contribution is 0.411. The van der Waals surface area contributed by atoms with Crippen molar-refractivity contribution in [2.75, 3.05) is 7.11 Å². The van der Waals surface area contributed by atoms with Gasteiger partial charge < -0.3 is 4.74 Å². The fourth-order valence-electron chi connectivity index (χ4n) is 1.87. The summed E-state index contributed by atoms with van der Waals surface area (Å²) < 4.78 is 6.92. The van der Waals surface area contributed by atoms with E-state index in [9.17, 15) is 0 Å². The number of benzene rings is 1. The van der Waals surface area contributed by atoms with Crippen LogP contribution in [0.2, 0.25) is 5.02 Å². The molecule has 2 rings (SSSR count). The van der Waals surface area contributed by atoms with Crippen LogP contribution in [0.5, 0.6) is 5.75 Å². The van der Waals surface area contributed by atoms with Gasteiger partial charge in [0, 0.05) is 5.02 Å². The van der Waals surface area contributed by atoms with Crippen LogP contribution in [0.1, 0.15) is 24.7 Å². The fraction of sp³-hybridized carbons (Fsp3) is 0.308. The summed E-state index contributed by atoms with van der Waals surface area (Å²) in [6.07, 6.45) is 1.61. The summed E-state index contributed by atoms with van der Waals surface area (Å²) >= 11 is 6.01. The van der Waals surface area contributed by atoms with Gasteiger partial charge in [0.05, 0.1) is 12.8 Å². The Bertz CT molecular complexity index is 630. The highest BCUT2D eigenvalue weighted by molar-refractivity contribution is 6.30. The number of hydrogen-bond donors (Lipinski definition) is 0. The van der Waals surface area contributed by atoms with Crippen molar-refractivity contribution in [1.82, 2.24) is 15.0 Å². The van der Waals surface area contributed by atoms with Crippen molar-refractivity contribution in [3.63, 3.8) is 0 Å². The third-order valence-corrected chi connectivity index (χ3v) is 2.96. The van der Waals surface area contributed by atoms with Gasteiger partial charge in [-0.15, -0.1) is 5.10 Å². The Balaban J connectivity index is 2.62. The van der Waals surface area contributed by atoms with Gasteiger partial charge in [0.15, 0.2) is 5.69 Å². The van der Waals surface area contributed by atoms with E-state index in [2.05, 4.69) is 16.4 Å². The van der Waals surface area contributed by atoms with Crippen LogP contribution in [-0.4, -0.2) is 22.1 Å². The summed E-state index contributed by atoms with van der Waals surface area (Å²) in [6.45, 7) is 2.04. The molecule has 0 radical (unpaired) electrons. The molecule has 5 nitrogen and oxygen atoms in total. The standard InChI is InChI=1S/C13H13ClN4O/c1-3-4-11-10(8-15)16-17-18(11)12-7-9(14)5-6-13(12)19-2/h5-7H,3-4H2,1-2H3. The first kappa shape index (κ1) is 13.4. The van der Waals surface area contributed by atoms with Crippen LogP contribution in [0.4, 0.5) is 0 Å². The molecule has 0 fully saturated rings.